The first kappa shape index (κ1) is 15.8. The Labute approximate surface area is 115 Å². The largest absolute Gasteiger partial charge is 0.385 e. The molecule has 0 aromatic heterocycles. The summed E-state index contributed by atoms with van der Waals surface area (Å²) in [5, 5.41) is 3.32. The molecule has 1 atom stereocenters. The van der Waals surface area contributed by atoms with E-state index in [0.29, 0.717) is 18.3 Å². The molecule has 1 aromatic carbocycles. The molecule has 1 rings (SSSR count). The fourth-order valence-electron chi connectivity index (χ4n) is 1.54. The van der Waals surface area contributed by atoms with E-state index in [0.717, 1.165) is 12.1 Å². The van der Waals surface area contributed by atoms with Gasteiger partial charge >= 0.3 is 0 Å². The number of hydrogen-bond acceptors (Lipinski definition) is 4. The Morgan fingerprint density at radius 3 is 2.32 bits per heavy atom. The van der Waals surface area contributed by atoms with Gasteiger partial charge in [-0.2, -0.15) is 0 Å². The molecule has 0 heterocycles. The van der Waals surface area contributed by atoms with Gasteiger partial charge in [-0.05, 0) is 44.5 Å². The lowest BCUT2D eigenvalue weighted by Crippen LogP contribution is -2.17. The van der Waals surface area contributed by atoms with Gasteiger partial charge in [-0.15, -0.1) is 0 Å². The van der Waals surface area contributed by atoms with Crippen LogP contribution in [0.3, 0.4) is 0 Å². The van der Waals surface area contributed by atoms with Gasteiger partial charge in [0.15, 0.2) is 0 Å². The Bertz CT molecular complexity index is 471. The summed E-state index contributed by atoms with van der Waals surface area (Å²) < 4.78 is 30.3. The van der Waals surface area contributed by atoms with Gasteiger partial charge < -0.3 is 10.1 Å². The second-order valence-electron chi connectivity index (χ2n) is 4.41. The molecule has 1 aromatic rings. The second kappa shape index (κ2) is 7.35. The topological polar surface area (TPSA) is 67.4 Å². The number of hydrogen-bond donors (Lipinski definition) is 2. The molecule has 0 aliphatic rings. The van der Waals surface area contributed by atoms with Crippen LogP contribution in [0.25, 0.3) is 0 Å². The van der Waals surface area contributed by atoms with Crippen LogP contribution in [0.4, 0.5) is 11.4 Å². The smallest absolute Gasteiger partial charge is 0.232 e. The Hall–Kier alpha value is -1.27. The lowest BCUT2D eigenvalue weighted by Gasteiger charge is -2.15. The Kier molecular flexibility index (Phi) is 6.11. The Balaban J connectivity index is 2.57. The van der Waals surface area contributed by atoms with Gasteiger partial charge in [0.25, 0.3) is 0 Å². The predicted octanol–water partition coefficient (Wildman–Crippen LogP) is 2.29. The van der Waals surface area contributed by atoms with Crippen molar-refractivity contribution < 1.29 is 13.2 Å². The molecule has 0 fully saturated rings. The number of methoxy groups -OCH3 is 1. The molecule has 0 saturated heterocycles. The molecule has 5 nitrogen and oxygen atoms in total. The van der Waals surface area contributed by atoms with Crippen molar-refractivity contribution in [2.24, 2.45) is 0 Å². The molecule has 0 bridgehead atoms. The fourth-order valence-corrected chi connectivity index (χ4v) is 2.18. The summed E-state index contributed by atoms with van der Waals surface area (Å²) in [7, 11) is -1.53. The number of nitrogens with one attached hydrogen (secondary N) is 2. The monoisotopic (exact) mass is 286 g/mol. The van der Waals surface area contributed by atoms with Crippen molar-refractivity contribution in [1.82, 2.24) is 0 Å². The number of anilines is 2. The lowest BCUT2D eigenvalue weighted by molar-refractivity contribution is 0.191. The maximum absolute atomic E-state index is 11.4. The molecule has 19 heavy (non-hydrogen) atoms. The van der Waals surface area contributed by atoms with Crippen molar-refractivity contribution in [2.45, 2.75) is 26.3 Å². The first-order valence-corrected chi connectivity index (χ1v) is 7.98. The van der Waals surface area contributed by atoms with Gasteiger partial charge in [0.2, 0.25) is 10.0 Å². The number of sulfonamides is 1. The normalized spacial score (nSPS) is 13.0. The molecule has 0 aliphatic carbocycles. The summed E-state index contributed by atoms with van der Waals surface area (Å²) in [5.74, 6) is 0.0705. The fraction of sp³-hybridized carbons (Fsp3) is 0.538. The molecule has 0 saturated carbocycles. The van der Waals surface area contributed by atoms with Crippen LogP contribution >= 0.6 is 0 Å². The van der Waals surface area contributed by atoms with Crippen LogP contribution < -0.4 is 10.0 Å². The minimum absolute atomic E-state index is 0.0705. The first-order valence-electron chi connectivity index (χ1n) is 6.33. The summed E-state index contributed by atoms with van der Waals surface area (Å²) in [6.07, 6.45) is 0.917. The molecular formula is C13H22N2O3S. The zero-order chi connectivity index (χ0) is 14.3. The van der Waals surface area contributed by atoms with E-state index in [2.05, 4.69) is 17.0 Å². The molecule has 0 radical (unpaired) electrons. The highest BCUT2D eigenvalue weighted by molar-refractivity contribution is 7.92. The summed E-state index contributed by atoms with van der Waals surface area (Å²) in [4.78, 5) is 0. The van der Waals surface area contributed by atoms with Crippen molar-refractivity contribution >= 4 is 21.4 Å². The van der Waals surface area contributed by atoms with Crippen LogP contribution in [0.2, 0.25) is 0 Å². The van der Waals surface area contributed by atoms with Gasteiger partial charge in [0, 0.05) is 31.1 Å². The van der Waals surface area contributed by atoms with E-state index >= 15 is 0 Å². The quantitative estimate of drug-likeness (QED) is 0.769. The van der Waals surface area contributed by atoms with Gasteiger partial charge in [-0.1, -0.05) is 0 Å². The molecule has 6 heteroatoms. The van der Waals surface area contributed by atoms with Crippen LogP contribution in [0.1, 0.15) is 20.3 Å². The highest BCUT2D eigenvalue weighted by Gasteiger charge is 2.06. The van der Waals surface area contributed by atoms with Crippen molar-refractivity contribution in [1.29, 1.82) is 0 Å². The van der Waals surface area contributed by atoms with Crippen molar-refractivity contribution in [3.63, 3.8) is 0 Å². The summed E-state index contributed by atoms with van der Waals surface area (Å²) in [5.41, 5.74) is 1.54. The van der Waals surface area contributed by atoms with Crippen LogP contribution in [0.15, 0.2) is 24.3 Å². The second-order valence-corrected chi connectivity index (χ2v) is 6.42. The molecule has 2 N–H and O–H groups in total. The van der Waals surface area contributed by atoms with Crippen LogP contribution in [-0.4, -0.2) is 33.9 Å². The summed E-state index contributed by atoms with van der Waals surface area (Å²) >= 11 is 0. The Morgan fingerprint density at radius 2 is 1.79 bits per heavy atom. The highest BCUT2D eigenvalue weighted by Crippen LogP contribution is 2.16. The van der Waals surface area contributed by atoms with Crippen LogP contribution in [0, 0.1) is 0 Å². The van der Waals surface area contributed by atoms with Gasteiger partial charge in [-0.25, -0.2) is 8.42 Å². The molecule has 0 amide bonds. The summed E-state index contributed by atoms with van der Waals surface area (Å²) in [6, 6.07) is 7.52. The third-order valence-corrected chi connectivity index (χ3v) is 4.01. The van der Waals surface area contributed by atoms with Crippen molar-refractivity contribution in [2.75, 3.05) is 29.5 Å². The third kappa shape index (κ3) is 5.94. The third-order valence-electron chi connectivity index (χ3n) is 2.71. The molecule has 0 spiro atoms. The minimum Gasteiger partial charge on any atom is -0.385 e. The van der Waals surface area contributed by atoms with Gasteiger partial charge in [-0.3, -0.25) is 4.72 Å². The number of rotatable bonds is 8. The van der Waals surface area contributed by atoms with Crippen LogP contribution in [0.5, 0.6) is 0 Å². The lowest BCUT2D eigenvalue weighted by atomic mass is 10.2. The molecule has 108 valence electrons. The highest BCUT2D eigenvalue weighted by atomic mass is 32.2. The van der Waals surface area contributed by atoms with E-state index in [-0.39, 0.29) is 5.75 Å². The molecule has 1 unspecified atom stereocenters. The minimum atomic E-state index is -3.21. The van der Waals surface area contributed by atoms with E-state index < -0.39 is 10.0 Å². The van der Waals surface area contributed by atoms with E-state index in [1.54, 1.807) is 26.2 Å². The zero-order valence-electron chi connectivity index (χ0n) is 11.6. The standard InChI is InChI=1S/C13H22N2O3S/c1-4-19(16,17)15-13-7-5-12(6-8-13)14-11(2)9-10-18-3/h5-8,11,14-15H,4,9-10H2,1-3H3. The van der Waals surface area contributed by atoms with Crippen molar-refractivity contribution in [3.05, 3.63) is 24.3 Å². The van der Waals surface area contributed by atoms with Crippen molar-refractivity contribution in [3.8, 4) is 0 Å². The molecular weight excluding hydrogens is 264 g/mol. The van der Waals surface area contributed by atoms with E-state index in [1.807, 2.05) is 12.1 Å². The predicted molar refractivity (Wildman–Crippen MR) is 79.1 cm³/mol. The summed E-state index contributed by atoms with van der Waals surface area (Å²) in [6.45, 7) is 4.39. The van der Waals surface area contributed by atoms with E-state index in [1.165, 1.54) is 0 Å². The maximum atomic E-state index is 11.4. The SMILES string of the molecule is CCS(=O)(=O)Nc1ccc(NC(C)CCOC)cc1. The number of benzene rings is 1. The Morgan fingerprint density at radius 1 is 1.21 bits per heavy atom. The molecule has 0 aliphatic heterocycles. The first-order chi connectivity index (χ1) is 8.96. The number of ether oxygens (including phenoxy) is 1. The van der Waals surface area contributed by atoms with E-state index in [9.17, 15) is 8.42 Å². The van der Waals surface area contributed by atoms with Crippen LogP contribution in [-0.2, 0) is 14.8 Å². The average Bonchev–Trinajstić information content (AvgIpc) is 2.38. The van der Waals surface area contributed by atoms with Gasteiger partial charge in [0.05, 0.1) is 5.75 Å². The van der Waals surface area contributed by atoms with E-state index in [4.69, 9.17) is 4.74 Å². The zero-order valence-corrected chi connectivity index (χ0v) is 12.5. The van der Waals surface area contributed by atoms with Gasteiger partial charge in [0.1, 0.15) is 0 Å². The maximum Gasteiger partial charge on any atom is 0.232 e. The average molecular weight is 286 g/mol.